The molecule has 6 rings (SSSR count). The molecule has 10 nitrogen and oxygen atoms in total. The van der Waals surface area contributed by atoms with Crippen LogP contribution in [0.25, 0.3) is 33.7 Å². The lowest BCUT2D eigenvalue weighted by atomic mass is 9.96. The molecule has 3 heterocycles. The first-order chi connectivity index (χ1) is 21.3. The average Bonchev–Trinajstić information content (AvgIpc) is 3.68. The van der Waals surface area contributed by atoms with Gasteiger partial charge in [-0.2, -0.15) is 0 Å². The van der Waals surface area contributed by atoms with E-state index in [0.29, 0.717) is 56.1 Å². The van der Waals surface area contributed by atoms with Crippen LogP contribution in [-0.4, -0.2) is 42.1 Å². The summed E-state index contributed by atoms with van der Waals surface area (Å²) in [5.41, 5.74) is 6.01. The molecule has 2 aromatic heterocycles. The first-order valence-electron chi connectivity index (χ1n) is 14.3. The first kappa shape index (κ1) is 30.6. The Hall–Kier alpha value is -4.38. The Kier molecular flexibility index (Phi) is 7.84. The fraction of sp³-hybridized carbons (Fsp3) is 0.273. The van der Waals surface area contributed by atoms with Crippen LogP contribution in [-0.2, 0) is 31.5 Å². The number of oxazole rings is 1. The van der Waals surface area contributed by atoms with Crippen molar-refractivity contribution in [2.24, 2.45) is 7.05 Å². The Bertz CT molecular complexity index is 1990. The fourth-order valence-corrected chi connectivity index (χ4v) is 5.97. The number of anilines is 1. The highest BCUT2D eigenvalue weighted by Gasteiger charge is 2.33. The second kappa shape index (κ2) is 11.5. The summed E-state index contributed by atoms with van der Waals surface area (Å²) in [7, 11) is 1.75. The molecule has 45 heavy (non-hydrogen) atoms. The smallest absolute Gasteiger partial charge is 0.410 e. The number of nitrogens with zero attached hydrogens (tertiary/aromatic N) is 4. The zero-order valence-electron chi connectivity index (χ0n) is 25.4. The molecule has 3 aromatic carbocycles. The summed E-state index contributed by atoms with van der Waals surface area (Å²) >= 11 is 13.3. The van der Waals surface area contributed by atoms with E-state index in [1.807, 2.05) is 58.0 Å². The van der Waals surface area contributed by atoms with E-state index in [4.69, 9.17) is 32.4 Å². The van der Waals surface area contributed by atoms with Crippen LogP contribution in [0, 0.1) is 6.92 Å². The fourth-order valence-electron chi connectivity index (χ4n) is 5.42. The molecular formula is C33H31Cl2N5O5. The number of nitrogens with one attached hydrogen (secondary N) is 1. The summed E-state index contributed by atoms with van der Waals surface area (Å²) in [4.78, 5) is 36.7. The highest BCUT2D eigenvalue weighted by molar-refractivity contribution is 6.36. The van der Waals surface area contributed by atoms with Crippen molar-refractivity contribution < 1.29 is 23.8 Å². The maximum absolute atomic E-state index is 13.4. The van der Waals surface area contributed by atoms with Crippen molar-refractivity contribution >= 4 is 52.0 Å². The Morgan fingerprint density at radius 2 is 1.76 bits per heavy atom. The summed E-state index contributed by atoms with van der Waals surface area (Å²) in [5, 5.41) is 13.2. The maximum atomic E-state index is 13.4. The minimum Gasteiger partial charge on any atom is -0.444 e. The number of aliphatic hydroxyl groups excluding tert-OH is 1. The van der Waals surface area contributed by atoms with E-state index in [0.717, 1.165) is 22.4 Å². The number of rotatable bonds is 5. The number of ether oxygens (including phenoxy) is 1. The molecule has 1 aliphatic rings. The van der Waals surface area contributed by atoms with Gasteiger partial charge in [-0.3, -0.25) is 9.69 Å². The minimum atomic E-state index is -0.609. The van der Waals surface area contributed by atoms with E-state index in [9.17, 15) is 14.7 Å². The van der Waals surface area contributed by atoms with Crippen LogP contribution in [0.4, 0.5) is 10.5 Å². The molecule has 1 aliphatic heterocycles. The molecule has 2 amide bonds. The number of fused-ring (bicyclic) bond motifs is 2. The normalized spacial score (nSPS) is 12.9. The molecule has 232 valence electrons. The molecule has 0 aliphatic carbocycles. The second-order valence-electron chi connectivity index (χ2n) is 11.9. The zero-order chi connectivity index (χ0) is 32.2. The number of aromatic nitrogens is 3. The lowest BCUT2D eigenvalue weighted by Gasteiger charge is -2.24. The monoisotopic (exact) mass is 647 g/mol. The van der Waals surface area contributed by atoms with Crippen LogP contribution < -0.4 is 5.32 Å². The van der Waals surface area contributed by atoms with Gasteiger partial charge in [-0.1, -0.05) is 47.5 Å². The van der Waals surface area contributed by atoms with E-state index in [-0.39, 0.29) is 19.0 Å². The third-order valence-corrected chi connectivity index (χ3v) is 8.31. The standard InChI is InChI=1S/C33H31Cl2N5O5/c1-17-19(8-6-9-20(17)31-38-24-13-18(16-41)12-22(34)28(24)44-31)21-10-7-11-23(27(21)35)37-30(42)29-36-25-14-40(15-26(25)39(29)5)32(43)45-33(2,3)4/h6-13,41H,14-16H2,1-5H3,(H,37,42). The molecular weight excluding hydrogens is 617 g/mol. The van der Waals surface area contributed by atoms with Gasteiger partial charge >= 0.3 is 6.09 Å². The van der Waals surface area contributed by atoms with Gasteiger partial charge in [-0.05, 0) is 68.7 Å². The van der Waals surface area contributed by atoms with Crippen molar-refractivity contribution in [1.29, 1.82) is 0 Å². The molecule has 2 N–H and O–H groups in total. The number of carbonyl (C=O) groups is 2. The molecule has 0 spiro atoms. The number of hydrogen-bond donors (Lipinski definition) is 2. The summed E-state index contributed by atoms with van der Waals surface area (Å²) in [5.74, 6) is 0.170. The molecule has 0 unspecified atom stereocenters. The van der Waals surface area contributed by atoms with Crippen molar-refractivity contribution in [3.63, 3.8) is 0 Å². The van der Waals surface area contributed by atoms with Gasteiger partial charge in [0.25, 0.3) is 5.91 Å². The van der Waals surface area contributed by atoms with Crippen molar-refractivity contribution in [3.05, 3.63) is 86.9 Å². The number of aliphatic hydroxyl groups is 1. The molecule has 0 saturated heterocycles. The SMILES string of the molecule is Cc1c(-c2nc3cc(CO)cc(Cl)c3o2)cccc1-c1cccc(NC(=O)c2nc3c(n2C)CN(C(=O)OC(C)(C)C)C3)c1Cl. The van der Waals surface area contributed by atoms with Crippen LogP contribution in [0.5, 0.6) is 0 Å². The molecule has 12 heteroatoms. The molecule has 0 atom stereocenters. The Morgan fingerprint density at radius 3 is 2.47 bits per heavy atom. The number of carbonyl (C=O) groups excluding carboxylic acids is 2. The largest absolute Gasteiger partial charge is 0.444 e. The van der Waals surface area contributed by atoms with Crippen LogP contribution in [0.2, 0.25) is 10.0 Å². The van der Waals surface area contributed by atoms with Crippen molar-refractivity contribution in [3.8, 4) is 22.6 Å². The summed E-state index contributed by atoms with van der Waals surface area (Å²) in [6.45, 7) is 7.78. The number of halogens is 2. The van der Waals surface area contributed by atoms with E-state index in [1.165, 1.54) is 0 Å². The molecule has 5 aromatic rings. The zero-order valence-corrected chi connectivity index (χ0v) is 26.9. The Morgan fingerprint density at radius 1 is 1.04 bits per heavy atom. The number of amides is 2. The molecule has 0 radical (unpaired) electrons. The average molecular weight is 649 g/mol. The quantitative estimate of drug-likeness (QED) is 0.202. The lowest BCUT2D eigenvalue weighted by Crippen LogP contribution is -2.34. The highest BCUT2D eigenvalue weighted by Crippen LogP contribution is 2.39. The number of imidazole rings is 1. The van der Waals surface area contributed by atoms with Gasteiger partial charge in [0.15, 0.2) is 11.4 Å². The van der Waals surface area contributed by atoms with Gasteiger partial charge in [0.1, 0.15) is 11.1 Å². The third-order valence-electron chi connectivity index (χ3n) is 7.62. The summed E-state index contributed by atoms with van der Waals surface area (Å²) < 4.78 is 13.2. The van der Waals surface area contributed by atoms with Crippen molar-refractivity contribution in [2.75, 3.05) is 5.32 Å². The van der Waals surface area contributed by atoms with Crippen LogP contribution in [0.15, 0.2) is 52.9 Å². The van der Waals surface area contributed by atoms with Gasteiger partial charge in [0.2, 0.25) is 5.89 Å². The number of hydrogen-bond acceptors (Lipinski definition) is 7. The molecule has 0 saturated carbocycles. The second-order valence-corrected chi connectivity index (χ2v) is 12.7. The van der Waals surface area contributed by atoms with Gasteiger partial charge < -0.3 is 24.1 Å². The predicted octanol–water partition coefficient (Wildman–Crippen LogP) is 7.51. The Labute approximate surface area is 269 Å². The van der Waals surface area contributed by atoms with E-state index in [1.54, 1.807) is 34.7 Å². The lowest BCUT2D eigenvalue weighted by molar-refractivity contribution is 0.0237. The van der Waals surface area contributed by atoms with Gasteiger partial charge in [0.05, 0.1) is 46.8 Å². The van der Waals surface area contributed by atoms with Gasteiger partial charge in [0, 0.05) is 18.2 Å². The Balaban J connectivity index is 1.25. The van der Waals surface area contributed by atoms with Crippen LogP contribution in [0.1, 0.15) is 53.9 Å². The minimum absolute atomic E-state index is 0.160. The van der Waals surface area contributed by atoms with Crippen LogP contribution in [0.3, 0.4) is 0 Å². The van der Waals surface area contributed by atoms with Crippen molar-refractivity contribution in [1.82, 2.24) is 19.4 Å². The molecule has 0 bridgehead atoms. The van der Waals surface area contributed by atoms with Gasteiger partial charge in [-0.15, -0.1) is 0 Å². The third kappa shape index (κ3) is 5.77. The van der Waals surface area contributed by atoms with E-state index >= 15 is 0 Å². The maximum Gasteiger partial charge on any atom is 0.410 e. The molecule has 0 fully saturated rings. The van der Waals surface area contributed by atoms with E-state index in [2.05, 4.69) is 15.3 Å². The topological polar surface area (TPSA) is 123 Å². The van der Waals surface area contributed by atoms with E-state index < -0.39 is 17.6 Å². The first-order valence-corrected chi connectivity index (χ1v) is 15.0. The summed E-state index contributed by atoms with van der Waals surface area (Å²) in [6, 6.07) is 14.5. The van der Waals surface area contributed by atoms with Gasteiger partial charge in [-0.25, -0.2) is 14.8 Å². The van der Waals surface area contributed by atoms with Crippen LogP contribution >= 0.6 is 23.2 Å². The highest BCUT2D eigenvalue weighted by atomic mass is 35.5. The summed E-state index contributed by atoms with van der Waals surface area (Å²) in [6.07, 6.45) is -0.426. The van der Waals surface area contributed by atoms with Crippen molar-refractivity contribution in [2.45, 2.75) is 53.0 Å². The number of benzene rings is 3. The predicted molar refractivity (Wildman–Crippen MR) is 172 cm³/mol.